The fourth-order valence-corrected chi connectivity index (χ4v) is 2.53. The van der Waals surface area contributed by atoms with E-state index in [0.29, 0.717) is 5.41 Å². The van der Waals surface area contributed by atoms with Crippen LogP contribution in [0, 0.1) is 5.41 Å². The van der Waals surface area contributed by atoms with Crippen molar-refractivity contribution in [1.82, 2.24) is 10.2 Å². The number of fused-ring (bicyclic) bond motifs is 3. The second-order valence-corrected chi connectivity index (χ2v) is 4.20. The summed E-state index contributed by atoms with van der Waals surface area (Å²) in [4.78, 5) is 2.38. The first kappa shape index (κ1) is 5.92. The molecule has 1 unspecified atom stereocenters. The minimum absolute atomic E-state index is 0.704. The van der Waals surface area contributed by atoms with E-state index in [1.54, 1.807) is 0 Å². The van der Waals surface area contributed by atoms with Crippen molar-refractivity contribution in [1.29, 1.82) is 0 Å². The third-order valence-corrected chi connectivity index (χ3v) is 3.64. The van der Waals surface area contributed by atoms with Crippen molar-refractivity contribution >= 4 is 0 Å². The Bertz CT molecular complexity index is 218. The molecule has 2 aliphatic heterocycles. The first-order valence-corrected chi connectivity index (χ1v) is 4.51. The van der Waals surface area contributed by atoms with Crippen LogP contribution in [0.5, 0.6) is 0 Å². The lowest BCUT2D eigenvalue weighted by Gasteiger charge is -2.29. The summed E-state index contributed by atoms with van der Waals surface area (Å²) in [7, 11) is 0. The summed E-state index contributed by atoms with van der Waals surface area (Å²) in [5.41, 5.74) is 0.704. The summed E-state index contributed by atoms with van der Waals surface area (Å²) in [6.07, 6.45) is 4.29. The molecule has 0 aromatic rings. The number of nitrogens with one attached hydrogen (secondary N) is 1. The van der Waals surface area contributed by atoms with Gasteiger partial charge in [0.05, 0.1) is 11.9 Å². The van der Waals surface area contributed by atoms with E-state index < -0.39 is 0 Å². The molecule has 1 spiro atoms. The lowest BCUT2D eigenvalue weighted by atomic mass is 9.90. The van der Waals surface area contributed by atoms with E-state index >= 15 is 0 Å². The largest absolute Gasteiger partial charge is 0.367 e. The van der Waals surface area contributed by atoms with Crippen LogP contribution in [0.3, 0.4) is 0 Å². The second kappa shape index (κ2) is 1.57. The third kappa shape index (κ3) is 0.627. The van der Waals surface area contributed by atoms with Crippen molar-refractivity contribution in [3.63, 3.8) is 0 Å². The van der Waals surface area contributed by atoms with Crippen LogP contribution in [0.15, 0.2) is 12.4 Å². The lowest BCUT2D eigenvalue weighted by Crippen LogP contribution is -2.39. The predicted octanol–water partition coefficient (Wildman–Crippen LogP) is 0.915. The van der Waals surface area contributed by atoms with Gasteiger partial charge in [-0.25, -0.2) is 0 Å². The molecule has 2 saturated heterocycles. The molecule has 1 atom stereocenters. The SMILES string of the molecule is C=C1NC2CN1CCC21CC1. The topological polar surface area (TPSA) is 15.3 Å². The molecular formula is C9H14N2. The number of rotatable bonds is 0. The zero-order chi connectivity index (χ0) is 7.47. The molecule has 60 valence electrons. The Kier molecular flexibility index (Phi) is 0.846. The van der Waals surface area contributed by atoms with E-state index in [4.69, 9.17) is 0 Å². The number of nitrogens with zero attached hydrogens (tertiary/aromatic N) is 1. The first-order chi connectivity index (χ1) is 5.30. The first-order valence-electron chi connectivity index (χ1n) is 4.51. The molecule has 3 rings (SSSR count). The highest BCUT2D eigenvalue weighted by atomic mass is 15.3. The maximum absolute atomic E-state index is 4.00. The van der Waals surface area contributed by atoms with Crippen molar-refractivity contribution in [2.45, 2.75) is 25.3 Å². The van der Waals surface area contributed by atoms with Crippen LogP contribution in [0.2, 0.25) is 0 Å². The van der Waals surface area contributed by atoms with Crippen LogP contribution in [0.1, 0.15) is 19.3 Å². The molecule has 2 bridgehead atoms. The summed E-state index contributed by atoms with van der Waals surface area (Å²) in [6, 6.07) is 0.740. The van der Waals surface area contributed by atoms with Gasteiger partial charge < -0.3 is 10.2 Å². The summed E-state index contributed by atoms with van der Waals surface area (Å²) in [5.74, 6) is 1.17. The van der Waals surface area contributed by atoms with Gasteiger partial charge in [0.2, 0.25) is 0 Å². The van der Waals surface area contributed by atoms with Crippen LogP contribution >= 0.6 is 0 Å². The molecule has 1 N–H and O–H groups in total. The van der Waals surface area contributed by atoms with Gasteiger partial charge in [-0.15, -0.1) is 0 Å². The highest BCUT2D eigenvalue weighted by Gasteiger charge is 2.54. The van der Waals surface area contributed by atoms with E-state index in [-0.39, 0.29) is 0 Å². The highest BCUT2D eigenvalue weighted by molar-refractivity contribution is 5.16. The smallest absolute Gasteiger partial charge is 0.0942 e. The molecule has 2 heterocycles. The molecule has 3 fully saturated rings. The molecule has 0 aromatic carbocycles. The van der Waals surface area contributed by atoms with Gasteiger partial charge >= 0.3 is 0 Å². The van der Waals surface area contributed by atoms with Gasteiger partial charge in [0.15, 0.2) is 0 Å². The van der Waals surface area contributed by atoms with E-state index in [1.165, 1.54) is 38.2 Å². The Morgan fingerprint density at radius 2 is 2.27 bits per heavy atom. The van der Waals surface area contributed by atoms with Gasteiger partial charge in [-0.05, 0) is 24.7 Å². The summed E-state index contributed by atoms with van der Waals surface area (Å²) < 4.78 is 0. The van der Waals surface area contributed by atoms with E-state index in [1.807, 2.05) is 0 Å². The van der Waals surface area contributed by atoms with Crippen molar-refractivity contribution in [3.05, 3.63) is 12.4 Å². The van der Waals surface area contributed by atoms with Crippen LogP contribution in [0.4, 0.5) is 0 Å². The Morgan fingerprint density at radius 3 is 3.00 bits per heavy atom. The average Bonchev–Trinajstić information content (AvgIpc) is 2.70. The quantitative estimate of drug-likeness (QED) is 0.552. The van der Waals surface area contributed by atoms with Crippen molar-refractivity contribution in [2.24, 2.45) is 5.41 Å². The lowest BCUT2D eigenvalue weighted by molar-refractivity contribution is 0.235. The monoisotopic (exact) mass is 150 g/mol. The van der Waals surface area contributed by atoms with E-state index in [0.717, 1.165) is 6.04 Å². The second-order valence-electron chi connectivity index (χ2n) is 4.20. The van der Waals surface area contributed by atoms with Crippen LogP contribution in [0.25, 0.3) is 0 Å². The summed E-state index contributed by atoms with van der Waals surface area (Å²) >= 11 is 0. The van der Waals surface area contributed by atoms with Crippen molar-refractivity contribution < 1.29 is 0 Å². The molecular weight excluding hydrogens is 136 g/mol. The zero-order valence-electron chi connectivity index (χ0n) is 6.77. The Balaban J connectivity index is 1.92. The van der Waals surface area contributed by atoms with Crippen molar-refractivity contribution in [3.8, 4) is 0 Å². The number of hydrogen-bond acceptors (Lipinski definition) is 2. The summed E-state index contributed by atoms with van der Waals surface area (Å²) in [6.45, 7) is 6.46. The van der Waals surface area contributed by atoms with Gasteiger partial charge in [0, 0.05) is 13.1 Å². The van der Waals surface area contributed by atoms with Gasteiger partial charge in [-0.3, -0.25) is 0 Å². The molecule has 1 aliphatic carbocycles. The number of hydrogen-bond donors (Lipinski definition) is 1. The minimum Gasteiger partial charge on any atom is -0.367 e. The Morgan fingerprint density at radius 1 is 1.45 bits per heavy atom. The van der Waals surface area contributed by atoms with Crippen LogP contribution in [-0.4, -0.2) is 24.0 Å². The normalized spacial score (nSPS) is 37.6. The zero-order valence-corrected chi connectivity index (χ0v) is 6.77. The van der Waals surface area contributed by atoms with Gasteiger partial charge in [0.1, 0.15) is 0 Å². The van der Waals surface area contributed by atoms with Gasteiger partial charge in [-0.2, -0.15) is 0 Å². The average molecular weight is 150 g/mol. The third-order valence-electron chi connectivity index (χ3n) is 3.64. The molecule has 2 nitrogen and oxygen atoms in total. The Labute approximate surface area is 67.3 Å². The molecule has 3 aliphatic rings. The Hall–Kier alpha value is -0.660. The van der Waals surface area contributed by atoms with Crippen LogP contribution < -0.4 is 5.32 Å². The maximum atomic E-state index is 4.00. The van der Waals surface area contributed by atoms with E-state index in [9.17, 15) is 0 Å². The number of piperidine rings is 1. The molecule has 0 radical (unpaired) electrons. The molecule has 0 aromatic heterocycles. The molecule has 0 amide bonds. The van der Waals surface area contributed by atoms with Gasteiger partial charge in [0.25, 0.3) is 0 Å². The van der Waals surface area contributed by atoms with Gasteiger partial charge in [-0.1, -0.05) is 6.58 Å². The van der Waals surface area contributed by atoms with Crippen LogP contribution in [-0.2, 0) is 0 Å². The molecule has 11 heavy (non-hydrogen) atoms. The standard InChI is InChI=1S/C9H14N2/c1-7-10-8-6-11(7)5-4-9(8)2-3-9/h8,10H,1-6H2. The van der Waals surface area contributed by atoms with E-state index in [2.05, 4.69) is 16.8 Å². The predicted molar refractivity (Wildman–Crippen MR) is 43.9 cm³/mol. The highest BCUT2D eigenvalue weighted by Crippen LogP contribution is 2.55. The summed E-state index contributed by atoms with van der Waals surface area (Å²) in [5, 5.41) is 3.50. The molecule has 2 heteroatoms. The fraction of sp³-hybridized carbons (Fsp3) is 0.778. The minimum atomic E-state index is 0.704. The maximum Gasteiger partial charge on any atom is 0.0942 e. The molecule has 1 saturated carbocycles. The van der Waals surface area contributed by atoms with Crippen molar-refractivity contribution in [2.75, 3.05) is 13.1 Å². The fourth-order valence-electron chi connectivity index (χ4n) is 2.53.